The summed E-state index contributed by atoms with van der Waals surface area (Å²) in [6.07, 6.45) is 1.32. The third kappa shape index (κ3) is 3.61. The molecule has 3 rings (SSSR count). The van der Waals surface area contributed by atoms with E-state index in [0.717, 1.165) is 0 Å². The van der Waals surface area contributed by atoms with Gasteiger partial charge in [-0.15, -0.1) is 0 Å². The summed E-state index contributed by atoms with van der Waals surface area (Å²) in [7, 11) is 0. The van der Waals surface area contributed by atoms with Crippen molar-refractivity contribution in [1.82, 2.24) is 10.3 Å². The molecule has 2 aromatic carbocycles. The number of carbonyl (C=O) groups is 2. The van der Waals surface area contributed by atoms with Crippen LogP contribution in [0.3, 0.4) is 0 Å². The number of aromatic nitrogens is 1. The van der Waals surface area contributed by atoms with E-state index in [1.807, 2.05) is 0 Å². The van der Waals surface area contributed by atoms with Gasteiger partial charge in [-0.25, -0.2) is 4.39 Å². The molecule has 0 aliphatic carbocycles. The summed E-state index contributed by atoms with van der Waals surface area (Å²) in [5, 5.41) is 5.39. The first kappa shape index (κ1) is 17.3. The Morgan fingerprint density at radius 1 is 1.15 bits per heavy atom. The van der Waals surface area contributed by atoms with E-state index >= 15 is 0 Å². The zero-order valence-corrected chi connectivity index (χ0v) is 13.9. The lowest BCUT2D eigenvalue weighted by Crippen LogP contribution is -2.35. The quantitative estimate of drug-likeness (QED) is 0.672. The standard InChI is InChI=1S/C19H16FN3O3/c1-11-8-12(20)6-7-15(11)23-17(24)10-22-19(26)14-9-21-16-5-3-2-4-13(16)18(14)25/h2-9H,10H2,1H3,(H,21,25)(H,22,26)(H,23,24). The second-order valence-corrected chi connectivity index (χ2v) is 5.77. The highest BCUT2D eigenvalue weighted by Crippen LogP contribution is 2.15. The normalized spacial score (nSPS) is 10.5. The van der Waals surface area contributed by atoms with E-state index in [0.29, 0.717) is 22.2 Å². The number of pyridine rings is 1. The van der Waals surface area contributed by atoms with Crippen LogP contribution in [0.25, 0.3) is 10.9 Å². The third-order valence-electron chi connectivity index (χ3n) is 3.90. The fourth-order valence-electron chi connectivity index (χ4n) is 2.55. The third-order valence-corrected chi connectivity index (χ3v) is 3.90. The molecule has 1 heterocycles. The molecule has 0 bridgehead atoms. The Morgan fingerprint density at radius 3 is 2.69 bits per heavy atom. The van der Waals surface area contributed by atoms with Crippen molar-refractivity contribution in [2.75, 3.05) is 11.9 Å². The number of amides is 2. The fourth-order valence-corrected chi connectivity index (χ4v) is 2.55. The van der Waals surface area contributed by atoms with Gasteiger partial charge in [0, 0.05) is 22.8 Å². The molecule has 7 heteroatoms. The van der Waals surface area contributed by atoms with Gasteiger partial charge in [0.25, 0.3) is 5.91 Å². The van der Waals surface area contributed by atoms with Crippen molar-refractivity contribution in [1.29, 1.82) is 0 Å². The molecule has 3 aromatic rings. The Morgan fingerprint density at radius 2 is 1.92 bits per heavy atom. The van der Waals surface area contributed by atoms with Gasteiger partial charge in [-0.3, -0.25) is 14.4 Å². The number of carbonyl (C=O) groups excluding carboxylic acids is 2. The summed E-state index contributed by atoms with van der Waals surface area (Å²) in [4.78, 5) is 39.4. The largest absolute Gasteiger partial charge is 0.360 e. The zero-order chi connectivity index (χ0) is 18.7. The lowest BCUT2D eigenvalue weighted by atomic mass is 10.1. The summed E-state index contributed by atoms with van der Waals surface area (Å²) >= 11 is 0. The molecule has 0 aliphatic rings. The molecule has 0 spiro atoms. The maximum Gasteiger partial charge on any atom is 0.257 e. The first-order valence-corrected chi connectivity index (χ1v) is 7.90. The Kier molecular flexibility index (Phi) is 4.79. The van der Waals surface area contributed by atoms with Crippen molar-refractivity contribution < 1.29 is 14.0 Å². The molecule has 26 heavy (non-hydrogen) atoms. The molecule has 1 aromatic heterocycles. The number of hydrogen-bond acceptors (Lipinski definition) is 3. The van der Waals surface area contributed by atoms with Crippen LogP contribution in [0, 0.1) is 12.7 Å². The highest BCUT2D eigenvalue weighted by molar-refractivity contribution is 6.00. The van der Waals surface area contributed by atoms with Gasteiger partial charge >= 0.3 is 0 Å². The van der Waals surface area contributed by atoms with E-state index in [2.05, 4.69) is 15.6 Å². The molecule has 0 aliphatic heterocycles. The minimum atomic E-state index is -0.650. The Labute approximate surface area is 148 Å². The average molecular weight is 353 g/mol. The Hall–Kier alpha value is -3.48. The topological polar surface area (TPSA) is 91.1 Å². The molecule has 0 saturated carbocycles. The second kappa shape index (κ2) is 7.18. The lowest BCUT2D eigenvalue weighted by molar-refractivity contribution is -0.115. The van der Waals surface area contributed by atoms with E-state index in [9.17, 15) is 18.8 Å². The molecule has 6 nitrogen and oxygen atoms in total. The van der Waals surface area contributed by atoms with Crippen LogP contribution >= 0.6 is 0 Å². The molecule has 2 amide bonds. The number of rotatable bonds is 4. The average Bonchev–Trinajstić information content (AvgIpc) is 2.62. The van der Waals surface area contributed by atoms with Gasteiger partial charge in [0.15, 0.2) is 0 Å². The molecule has 3 N–H and O–H groups in total. The number of fused-ring (bicyclic) bond motifs is 1. The molecular formula is C19H16FN3O3. The van der Waals surface area contributed by atoms with Crippen LogP contribution in [0.1, 0.15) is 15.9 Å². The molecular weight excluding hydrogens is 337 g/mol. The summed E-state index contributed by atoms with van der Waals surface area (Å²) in [6, 6.07) is 10.8. The first-order valence-electron chi connectivity index (χ1n) is 7.90. The highest BCUT2D eigenvalue weighted by atomic mass is 19.1. The number of halogens is 1. The fraction of sp³-hybridized carbons (Fsp3) is 0.105. The van der Waals surface area contributed by atoms with Crippen molar-refractivity contribution in [3.05, 3.63) is 75.8 Å². The number of para-hydroxylation sites is 1. The van der Waals surface area contributed by atoms with Crippen LogP contribution in [0.2, 0.25) is 0 Å². The molecule has 132 valence electrons. The Balaban J connectivity index is 1.68. The summed E-state index contributed by atoms with van der Waals surface area (Å²) in [6.45, 7) is 1.34. The van der Waals surface area contributed by atoms with Crippen molar-refractivity contribution in [3.8, 4) is 0 Å². The number of aryl methyl sites for hydroxylation is 1. The maximum atomic E-state index is 13.1. The van der Waals surface area contributed by atoms with Crippen LogP contribution in [-0.4, -0.2) is 23.3 Å². The Bertz CT molecular complexity index is 1060. The van der Waals surface area contributed by atoms with E-state index in [1.54, 1.807) is 31.2 Å². The van der Waals surface area contributed by atoms with Crippen molar-refractivity contribution >= 4 is 28.4 Å². The number of H-pyrrole nitrogens is 1. The predicted octanol–water partition coefficient (Wildman–Crippen LogP) is 2.34. The van der Waals surface area contributed by atoms with E-state index in [-0.39, 0.29) is 12.1 Å². The summed E-state index contributed by atoms with van der Waals surface area (Å²) < 4.78 is 13.1. The molecule has 0 fully saturated rings. The second-order valence-electron chi connectivity index (χ2n) is 5.77. The zero-order valence-electron chi connectivity index (χ0n) is 13.9. The summed E-state index contributed by atoms with van der Waals surface area (Å²) in [5.41, 5.74) is 1.16. The SMILES string of the molecule is Cc1cc(F)ccc1NC(=O)CNC(=O)c1c[nH]c2ccccc2c1=O. The van der Waals surface area contributed by atoms with Crippen LogP contribution in [0.5, 0.6) is 0 Å². The highest BCUT2D eigenvalue weighted by Gasteiger charge is 2.14. The van der Waals surface area contributed by atoms with Gasteiger partial charge in [-0.2, -0.15) is 0 Å². The molecule has 0 atom stereocenters. The monoisotopic (exact) mass is 353 g/mol. The number of nitrogens with one attached hydrogen (secondary N) is 3. The van der Waals surface area contributed by atoms with Gasteiger partial charge in [0.1, 0.15) is 11.4 Å². The van der Waals surface area contributed by atoms with Crippen LogP contribution < -0.4 is 16.1 Å². The number of benzene rings is 2. The van der Waals surface area contributed by atoms with Gasteiger partial charge in [-0.05, 0) is 42.8 Å². The molecule has 0 radical (unpaired) electrons. The number of aromatic amines is 1. The van der Waals surface area contributed by atoms with Gasteiger partial charge in [-0.1, -0.05) is 12.1 Å². The number of anilines is 1. The van der Waals surface area contributed by atoms with Gasteiger partial charge < -0.3 is 15.6 Å². The predicted molar refractivity (Wildman–Crippen MR) is 96.7 cm³/mol. The number of hydrogen-bond donors (Lipinski definition) is 3. The lowest BCUT2D eigenvalue weighted by Gasteiger charge is -2.09. The maximum absolute atomic E-state index is 13.1. The first-order chi connectivity index (χ1) is 12.5. The van der Waals surface area contributed by atoms with Crippen molar-refractivity contribution in [2.45, 2.75) is 6.92 Å². The van der Waals surface area contributed by atoms with E-state index in [1.165, 1.54) is 24.4 Å². The van der Waals surface area contributed by atoms with E-state index in [4.69, 9.17) is 0 Å². The van der Waals surface area contributed by atoms with Crippen molar-refractivity contribution in [2.24, 2.45) is 0 Å². The minimum Gasteiger partial charge on any atom is -0.360 e. The summed E-state index contributed by atoms with van der Waals surface area (Å²) in [5.74, 6) is -1.53. The minimum absolute atomic E-state index is 0.0746. The van der Waals surface area contributed by atoms with E-state index < -0.39 is 23.1 Å². The van der Waals surface area contributed by atoms with Gasteiger partial charge in [0.2, 0.25) is 11.3 Å². The van der Waals surface area contributed by atoms with Crippen molar-refractivity contribution in [3.63, 3.8) is 0 Å². The van der Waals surface area contributed by atoms with Crippen LogP contribution in [0.15, 0.2) is 53.5 Å². The van der Waals surface area contributed by atoms with Crippen LogP contribution in [-0.2, 0) is 4.79 Å². The molecule has 0 saturated heterocycles. The molecule has 0 unspecified atom stereocenters. The van der Waals surface area contributed by atoms with Gasteiger partial charge in [0.05, 0.1) is 6.54 Å². The smallest absolute Gasteiger partial charge is 0.257 e. The van der Waals surface area contributed by atoms with Crippen LogP contribution in [0.4, 0.5) is 10.1 Å².